The fourth-order valence-corrected chi connectivity index (χ4v) is 3.13. The van der Waals surface area contributed by atoms with Crippen LogP contribution in [-0.2, 0) is 4.79 Å². The molecule has 0 radical (unpaired) electrons. The number of hydrogen-bond donors (Lipinski definition) is 1. The minimum Gasteiger partial charge on any atom is -0.392 e. The molecule has 0 aromatic carbocycles. The van der Waals surface area contributed by atoms with Gasteiger partial charge in [-0.1, -0.05) is 32.6 Å². The van der Waals surface area contributed by atoms with Crippen molar-refractivity contribution in [1.29, 1.82) is 0 Å². The molecule has 0 saturated carbocycles. The van der Waals surface area contributed by atoms with E-state index in [9.17, 15) is 9.90 Å². The highest BCUT2D eigenvalue weighted by atomic mass is 16.3. The van der Waals surface area contributed by atoms with E-state index in [2.05, 4.69) is 26.5 Å². The molecule has 2 aliphatic rings. The molecular weight excluding hydrogens is 212 g/mol. The first-order chi connectivity index (χ1) is 7.81. The van der Waals surface area contributed by atoms with Crippen molar-refractivity contribution >= 4 is 5.78 Å². The number of hydrogen-bond acceptors (Lipinski definition) is 2. The van der Waals surface area contributed by atoms with Crippen LogP contribution in [0.25, 0.3) is 0 Å². The van der Waals surface area contributed by atoms with E-state index in [1.165, 1.54) is 0 Å². The minimum absolute atomic E-state index is 0.0320. The van der Waals surface area contributed by atoms with Crippen LogP contribution in [0, 0.1) is 16.7 Å². The van der Waals surface area contributed by atoms with Crippen molar-refractivity contribution in [3.8, 4) is 0 Å². The summed E-state index contributed by atoms with van der Waals surface area (Å²) in [6.07, 6.45) is 6.43. The van der Waals surface area contributed by atoms with E-state index in [1.807, 2.05) is 13.0 Å². The number of rotatable bonds is 2. The summed E-state index contributed by atoms with van der Waals surface area (Å²) in [5.74, 6) is 0.196. The molecule has 0 spiro atoms. The van der Waals surface area contributed by atoms with Gasteiger partial charge in [-0.2, -0.15) is 0 Å². The van der Waals surface area contributed by atoms with E-state index in [0.29, 0.717) is 0 Å². The average molecular weight is 232 g/mol. The summed E-state index contributed by atoms with van der Waals surface area (Å²) in [4.78, 5) is 12.1. The van der Waals surface area contributed by atoms with Gasteiger partial charge in [-0.15, -0.1) is 0 Å². The second-order valence-corrected chi connectivity index (χ2v) is 6.05. The lowest BCUT2D eigenvalue weighted by Gasteiger charge is -2.34. The summed E-state index contributed by atoms with van der Waals surface area (Å²) in [6, 6.07) is 0. The Morgan fingerprint density at radius 1 is 1.41 bits per heavy atom. The number of allylic oxidation sites excluding steroid dienone is 4. The summed E-state index contributed by atoms with van der Waals surface area (Å²) in [5, 5.41) is 9.49. The van der Waals surface area contributed by atoms with Gasteiger partial charge in [0, 0.05) is 0 Å². The van der Waals surface area contributed by atoms with E-state index >= 15 is 0 Å². The maximum Gasteiger partial charge on any atom is 0.166 e. The van der Waals surface area contributed by atoms with Gasteiger partial charge in [0.2, 0.25) is 0 Å². The lowest BCUT2D eigenvalue weighted by atomic mass is 9.68. The van der Waals surface area contributed by atoms with Crippen molar-refractivity contribution in [1.82, 2.24) is 0 Å². The van der Waals surface area contributed by atoms with Gasteiger partial charge in [0.25, 0.3) is 0 Å². The van der Waals surface area contributed by atoms with Gasteiger partial charge in [0.05, 0.1) is 12.0 Å². The molecule has 2 heteroatoms. The summed E-state index contributed by atoms with van der Waals surface area (Å²) in [6.45, 7) is 10.3. The Kier molecular flexibility index (Phi) is 2.66. The molecule has 2 rings (SSSR count). The molecule has 0 aromatic heterocycles. The van der Waals surface area contributed by atoms with Gasteiger partial charge in [0.15, 0.2) is 5.78 Å². The second-order valence-electron chi connectivity index (χ2n) is 6.05. The minimum atomic E-state index is -0.553. The first kappa shape index (κ1) is 12.3. The standard InChI is InChI=1S/C15H20O2/c1-10-5-6-13(17)15(10,4)12-8-14(2,3)7-11(12)9-16/h5-7,12,16H,1,8-9H2,2-4H3/t12-,15-/m1/s1. The summed E-state index contributed by atoms with van der Waals surface area (Å²) in [5.41, 5.74) is 1.34. The van der Waals surface area contributed by atoms with Gasteiger partial charge in [0.1, 0.15) is 0 Å². The molecule has 0 fully saturated rings. The topological polar surface area (TPSA) is 37.3 Å². The first-order valence-electron chi connectivity index (χ1n) is 6.05. The van der Waals surface area contributed by atoms with Gasteiger partial charge < -0.3 is 5.11 Å². The van der Waals surface area contributed by atoms with Crippen LogP contribution >= 0.6 is 0 Å². The van der Waals surface area contributed by atoms with E-state index in [4.69, 9.17) is 0 Å². The third-order valence-corrected chi connectivity index (χ3v) is 4.25. The molecule has 0 saturated heterocycles. The molecule has 0 unspecified atom stereocenters. The number of carbonyl (C=O) groups is 1. The van der Waals surface area contributed by atoms with Crippen molar-refractivity contribution in [2.45, 2.75) is 27.2 Å². The number of ketones is 1. The SMILES string of the molecule is C=C1C=CC(=O)[C@@]1(C)[C@@H]1CC(C)(C)C=C1CO. The number of carbonyl (C=O) groups excluding carboxylic acids is 1. The Labute approximate surface area is 103 Å². The smallest absolute Gasteiger partial charge is 0.166 e. The van der Waals surface area contributed by atoms with Crippen LogP contribution in [0.4, 0.5) is 0 Å². The third kappa shape index (κ3) is 1.71. The van der Waals surface area contributed by atoms with Gasteiger partial charge in [-0.3, -0.25) is 4.79 Å². The average Bonchev–Trinajstić information content (AvgIpc) is 2.71. The van der Waals surface area contributed by atoms with E-state index < -0.39 is 5.41 Å². The predicted octanol–water partition coefficient (Wildman–Crippen LogP) is 2.65. The zero-order valence-corrected chi connectivity index (χ0v) is 10.8. The highest BCUT2D eigenvalue weighted by Crippen LogP contribution is 2.52. The predicted molar refractivity (Wildman–Crippen MR) is 68.5 cm³/mol. The molecule has 2 nitrogen and oxygen atoms in total. The Balaban J connectivity index is 2.40. The van der Waals surface area contributed by atoms with Gasteiger partial charge in [-0.25, -0.2) is 0 Å². The molecule has 0 aliphatic heterocycles. The molecular formula is C15H20O2. The van der Waals surface area contributed by atoms with Gasteiger partial charge in [-0.05, 0) is 41.9 Å². The largest absolute Gasteiger partial charge is 0.392 e. The molecule has 1 N–H and O–H groups in total. The third-order valence-electron chi connectivity index (χ3n) is 4.25. The van der Waals surface area contributed by atoms with Crippen LogP contribution in [0.2, 0.25) is 0 Å². The Hall–Kier alpha value is -1.15. The van der Waals surface area contributed by atoms with Crippen LogP contribution in [0.15, 0.2) is 36.0 Å². The molecule has 92 valence electrons. The lowest BCUT2D eigenvalue weighted by Crippen LogP contribution is -2.34. The number of aliphatic hydroxyl groups is 1. The monoisotopic (exact) mass is 232 g/mol. The Bertz CT molecular complexity index is 420. The summed E-state index contributed by atoms with van der Waals surface area (Å²) >= 11 is 0. The maximum atomic E-state index is 12.1. The van der Waals surface area contributed by atoms with E-state index in [1.54, 1.807) is 6.08 Å². The van der Waals surface area contributed by atoms with E-state index in [-0.39, 0.29) is 23.7 Å². The highest BCUT2D eigenvalue weighted by molar-refractivity contribution is 6.01. The van der Waals surface area contributed by atoms with Crippen LogP contribution in [0.3, 0.4) is 0 Å². The fourth-order valence-electron chi connectivity index (χ4n) is 3.13. The Morgan fingerprint density at radius 2 is 2.06 bits per heavy atom. The molecule has 0 bridgehead atoms. The van der Waals surface area contributed by atoms with Crippen molar-refractivity contribution in [2.24, 2.45) is 16.7 Å². The quantitative estimate of drug-likeness (QED) is 0.743. The summed E-state index contributed by atoms with van der Waals surface area (Å²) in [7, 11) is 0. The van der Waals surface area contributed by atoms with Crippen LogP contribution in [0.1, 0.15) is 27.2 Å². The van der Waals surface area contributed by atoms with Crippen molar-refractivity contribution in [3.63, 3.8) is 0 Å². The number of aliphatic hydroxyl groups excluding tert-OH is 1. The molecule has 2 atom stereocenters. The molecule has 0 amide bonds. The first-order valence-corrected chi connectivity index (χ1v) is 6.05. The van der Waals surface area contributed by atoms with Crippen molar-refractivity contribution in [2.75, 3.05) is 6.61 Å². The van der Waals surface area contributed by atoms with Gasteiger partial charge >= 0.3 is 0 Å². The van der Waals surface area contributed by atoms with Crippen molar-refractivity contribution in [3.05, 3.63) is 36.0 Å². The van der Waals surface area contributed by atoms with Crippen LogP contribution in [0.5, 0.6) is 0 Å². The van der Waals surface area contributed by atoms with Crippen LogP contribution in [-0.4, -0.2) is 17.5 Å². The Morgan fingerprint density at radius 3 is 2.53 bits per heavy atom. The van der Waals surface area contributed by atoms with E-state index in [0.717, 1.165) is 17.6 Å². The lowest BCUT2D eigenvalue weighted by molar-refractivity contribution is -0.122. The molecule has 2 aliphatic carbocycles. The molecule has 0 aromatic rings. The second kappa shape index (κ2) is 3.67. The zero-order chi connectivity index (χ0) is 12.8. The van der Waals surface area contributed by atoms with Crippen LogP contribution < -0.4 is 0 Å². The molecule has 17 heavy (non-hydrogen) atoms. The highest BCUT2D eigenvalue weighted by Gasteiger charge is 2.49. The summed E-state index contributed by atoms with van der Waals surface area (Å²) < 4.78 is 0. The molecule has 0 heterocycles. The fraction of sp³-hybridized carbons (Fsp3) is 0.533. The maximum absolute atomic E-state index is 12.1. The zero-order valence-electron chi connectivity index (χ0n) is 10.8. The normalized spacial score (nSPS) is 35.5. The van der Waals surface area contributed by atoms with Crippen molar-refractivity contribution < 1.29 is 9.90 Å².